The number of anilines is 1. The Morgan fingerprint density at radius 1 is 1.08 bits per heavy atom. The normalized spacial score (nSPS) is 11.3. The van der Waals surface area contributed by atoms with Crippen molar-refractivity contribution in [1.82, 2.24) is 5.32 Å². The van der Waals surface area contributed by atoms with Crippen molar-refractivity contribution in [2.75, 3.05) is 25.6 Å². The van der Waals surface area contributed by atoms with Crippen LogP contribution < -0.4 is 10.6 Å². The third kappa shape index (κ3) is 5.91. The third-order valence-corrected chi connectivity index (χ3v) is 3.26. The van der Waals surface area contributed by atoms with Gasteiger partial charge in [0.05, 0.1) is 18.8 Å². The van der Waals surface area contributed by atoms with E-state index in [0.717, 1.165) is 0 Å². The van der Waals surface area contributed by atoms with Gasteiger partial charge in [0.15, 0.2) is 0 Å². The van der Waals surface area contributed by atoms with Gasteiger partial charge >= 0.3 is 11.9 Å². The summed E-state index contributed by atoms with van der Waals surface area (Å²) in [7, 11) is 1.70. The highest BCUT2D eigenvalue weighted by molar-refractivity contribution is 6.01. The average molecular weight is 336 g/mol. The fourth-order valence-electron chi connectivity index (χ4n) is 2.12. The van der Waals surface area contributed by atoms with Crippen LogP contribution in [0.15, 0.2) is 24.3 Å². The number of hydrogen-bond donors (Lipinski definition) is 2. The maximum absolute atomic E-state index is 12.4. The van der Waals surface area contributed by atoms with E-state index in [-0.39, 0.29) is 26.1 Å². The summed E-state index contributed by atoms with van der Waals surface area (Å²) >= 11 is 0. The van der Waals surface area contributed by atoms with Crippen molar-refractivity contribution in [3.8, 4) is 0 Å². The number of carbonyl (C=O) groups excluding carboxylic acids is 3. The molecule has 0 aliphatic carbocycles. The smallest absolute Gasteiger partial charge is 0.328 e. The van der Waals surface area contributed by atoms with Gasteiger partial charge in [-0.15, -0.1) is 0 Å². The van der Waals surface area contributed by atoms with Crippen LogP contribution >= 0.6 is 0 Å². The molecule has 0 bridgehead atoms. The lowest BCUT2D eigenvalue weighted by molar-refractivity contribution is -0.146. The van der Waals surface area contributed by atoms with Crippen LogP contribution in [0.2, 0.25) is 0 Å². The molecule has 1 aromatic carbocycles. The Balaban J connectivity index is 2.81. The van der Waals surface area contributed by atoms with Crippen LogP contribution in [-0.4, -0.2) is 44.1 Å². The Hall–Kier alpha value is -2.57. The number of amides is 1. The Morgan fingerprint density at radius 2 is 1.75 bits per heavy atom. The molecule has 0 heterocycles. The van der Waals surface area contributed by atoms with Gasteiger partial charge < -0.3 is 20.1 Å². The highest BCUT2D eigenvalue weighted by Gasteiger charge is 2.24. The van der Waals surface area contributed by atoms with E-state index in [0.29, 0.717) is 11.3 Å². The van der Waals surface area contributed by atoms with Crippen molar-refractivity contribution in [3.63, 3.8) is 0 Å². The molecule has 0 radical (unpaired) electrons. The number of nitrogens with one attached hydrogen (secondary N) is 2. The Morgan fingerprint density at radius 3 is 2.38 bits per heavy atom. The van der Waals surface area contributed by atoms with Gasteiger partial charge in [-0.1, -0.05) is 12.1 Å². The molecule has 0 saturated heterocycles. The predicted molar refractivity (Wildman–Crippen MR) is 89.7 cm³/mol. The zero-order valence-corrected chi connectivity index (χ0v) is 14.3. The number of hydrogen-bond acceptors (Lipinski definition) is 6. The molecule has 0 aromatic heterocycles. The molecule has 2 N–H and O–H groups in total. The second kappa shape index (κ2) is 10.3. The molecule has 1 rings (SSSR count). The van der Waals surface area contributed by atoms with Crippen molar-refractivity contribution in [3.05, 3.63) is 29.8 Å². The minimum atomic E-state index is -0.910. The number of carbonyl (C=O) groups is 3. The predicted octanol–water partition coefficient (Wildman–Crippen LogP) is 1.73. The minimum Gasteiger partial charge on any atom is -0.466 e. The molecule has 0 spiro atoms. The van der Waals surface area contributed by atoms with Gasteiger partial charge in [-0.25, -0.2) is 4.79 Å². The van der Waals surface area contributed by atoms with Crippen molar-refractivity contribution in [2.45, 2.75) is 32.7 Å². The number of benzene rings is 1. The second-order valence-electron chi connectivity index (χ2n) is 4.92. The SMILES string of the molecule is CCOC(=O)CC[C@H](NC(=O)c1ccccc1NC)C(=O)OCC. The van der Waals surface area contributed by atoms with Crippen molar-refractivity contribution in [1.29, 1.82) is 0 Å². The monoisotopic (exact) mass is 336 g/mol. The van der Waals surface area contributed by atoms with Crippen LogP contribution in [0.1, 0.15) is 37.0 Å². The molecule has 132 valence electrons. The lowest BCUT2D eigenvalue weighted by atomic mass is 10.1. The van der Waals surface area contributed by atoms with E-state index < -0.39 is 23.9 Å². The van der Waals surface area contributed by atoms with Gasteiger partial charge in [-0.2, -0.15) is 0 Å². The van der Waals surface area contributed by atoms with Gasteiger partial charge in [0.2, 0.25) is 0 Å². The fraction of sp³-hybridized carbons (Fsp3) is 0.471. The molecule has 0 fully saturated rings. The zero-order valence-electron chi connectivity index (χ0n) is 14.3. The summed E-state index contributed by atoms with van der Waals surface area (Å²) in [6.45, 7) is 3.85. The maximum Gasteiger partial charge on any atom is 0.328 e. The van der Waals surface area contributed by atoms with Crippen molar-refractivity contribution >= 4 is 23.5 Å². The van der Waals surface area contributed by atoms with E-state index in [2.05, 4.69) is 10.6 Å². The molecule has 0 aliphatic heterocycles. The number of esters is 2. The fourth-order valence-corrected chi connectivity index (χ4v) is 2.12. The summed E-state index contributed by atoms with van der Waals surface area (Å²) in [5, 5.41) is 5.55. The highest BCUT2D eigenvalue weighted by atomic mass is 16.5. The van der Waals surface area contributed by atoms with Gasteiger partial charge in [0.1, 0.15) is 6.04 Å². The van der Waals surface area contributed by atoms with Gasteiger partial charge in [0.25, 0.3) is 5.91 Å². The summed E-state index contributed by atoms with van der Waals surface area (Å²) in [6, 6.07) is 6.02. The van der Waals surface area contributed by atoms with Crippen LogP contribution in [0.3, 0.4) is 0 Å². The van der Waals surface area contributed by atoms with E-state index in [9.17, 15) is 14.4 Å². The van der Waals surface area contributed by atoms with E-state index in [1.165, 1.54) is 0 Å². The molecule has 7 nitrogen and oxygen atoms in total. The topological polar surface area (TPSA) is 93.7 Å². The summed E-state index contributed by atoms with van der Waals surface area (Å²) in [4.78, 5) is 36.0. The lowest BCUT2D eigenvalue weighted by Crippen LogP contribution is -2.42. The highest BCUT2D eigenvalue weighted by Crippen LogP contribution is 2.14. The lowest BCUT2D eigenvalue weighted by Gasteiger charge is -2.18. The number of para-hydroxylation sites is 1. The Bertz CT molecular complexity index is 574. The van der Waals surface area contributed by atoms with Crippen LogP contribution in [0, 0.1) is 0 Å². The Labute approximate surface area is 141 Å². The molecule has 1 amide bonds. The van der Waals surface area contributed by atoms with E-state index in [1.807, 2.05) is 0 Å². The first kappa shape index (κ1) is 19.5. The van der Waals surface area contributed by atoms with Gasteiger partial charge in [0, 0.05) is 19.2 Å². The molecule has 1 atom stereocenters. The first-order valence-corrected chi connectivity index (χ1v) is 7.93. The second-order valence-corrected chi connectivity index (χ2v) is 4.92. The molecule has 0 aliphatic rings. The number of rotatable bonds is 9. The van der Waals surface area contributed by atoms with Gasteiger partial charge in [-0.05, 0) is 32.4 Å². The van der Waals surface area contributed by atoms with Crippen molar-refractivity contribution in [2.24, 2.45) is 0 Å². The molecule has 1 aromatic rings. The standard InChI is InChI=1S/C17H24N2O5/c1-4-23-15(20)11-10-14(17(22)24-5-2)19-16(21)12-8-6-7-9-13(12)18-3/h6-9,14,18H,4-5,10-11H2,1-3H3,(H,19,21)/t14-/m0/s1. The third-order valence-electron chi connectivity index (χ3n) is 3.26. The van der Waals surface area contributed by atoms with Crippen LogP contribution in [0.5, 0.6) is 0 Å². The molecule has 0 unspecified atom stereocenters. The first-order valence-electron chi connectivity index (χ1n) is 7.93. The summed E-state index contributed by atoms with van der Waals surface area (Å²) < 4.78 is 9.81. The summed E-state index contributed by atoms with van der Waals surface area (Å²) in [5.74, 6) is -1.41. The zero-order chi connectivity index (χ0) is 17.9. The van der Waals surface area contributed by atoms with Crippen LogP contribution in [0.25, 0.3) is 0 Å². The quantitative estimate of drug-likeness (QED) is 0.667. The van der Waals surface area contributed by atoms with E-state index in [4.69, 9.17) is 9.47 Å². The minimum absolute atomic E-state index is 0.0191. The molecule has 24 heavy (non-hydrogen) atoms. The van der Waals surface area contributed by atoms with Crippen LogP contribution in [-0.2, 0) is 19.1 Å². The van der Waals surface area contributed by atoms with Gasteiger partial charge in [-0.3, -0.25) is 9.59 Å². The molecule has 0 saturated carbocycles. The molecule has 7 heteroatoms. The van der Waals surface area contributed by atoms with Crippen molar-refractivity contribution < 1.29 is 23.9 Å². The average Bonchev–Trinajstić information content (AvgIpc) is 2.58. The van der Waals surface area contributed by atoms with Crippen LogP contribution in [0.4, 0.5) is 5.69 Å². The molecular weight excluding hydrogens is 312 g/mol. The first-order chi connectivity index (χ1) is 11.5. The van der Waals surface area contributed by atoms with E-state index in [1.54, 1.807) is 45.2 Å². The Kier molecular flexibility index (Phi) is 8.32. The molecular formula is C17H24N2O5. The maximum atomic E-state index is 12.4. The van der Waals surface area contributed by atoms with E-state index >= 15 is 0 Å². The summed E-state index contributed by atoms with van der Waals surface area (Å²) in [6.07, 6.45) is 0.135. The largest absolute Gasteiger partial charge is 0.466 e. The number of ether oxygens (including phenoxy) is 2. The summed E-state index contributed by atoms with van der Waals surface area (Å²) in [5.41, 5.74) is 1.05.